The van der Waals surface area contributed by atoms with E-state index in [9.17, 15) is 9.59 Å². The van der Waals surface area contributed by atoms with Gasteiger partial charge in [0.1, 0.15) is 6.61 Å². The van der Waals surface area contributed by atoms with Crippen molar-refractivity contribution in [1.29, 1.82) is 0 Å². The summed E-state index contributed by atoms with van der Waals surface area (Å²) in [4.78, 5) is 25.1. The Balaban J connectivity index is 1.69. The third-order valence-corrected chi connectivity index (χ3v) is 5.16. The number of hydrogen-bond acceptors (Lipinski definition) is 6. The minimum Gasteiger partial charge on any atom is -0.493 e. The van der Waals surface area contributed by atoms with Crippen molar-refractivity contribution in [2.24, 2.45) is 0 Å². The number of methoxy groups -OCH3 is 2. The highest BCUT2D eigenvalue weighted by molar-refractivity contribution is 5.89. The SMILES string of the molecule is C=CCOC(=O)C(Cc1ccc(OC)c(OC)c1)OC(=O)/C=C/c1ccc(-c2ccccc2)cc1. The minimum atomic E-state index is -1.13. The van der Waals surface area contributed by atoms with Crippen LogP contribution in [-0.2, 0) is 25.5 Å². The molecule has 6 heteroatoms. The van der Waals surface area contributed by atoms with E-state index >= 15 is 0 Å². The van der Waals surface area contributed by atoms with Gasteiger partial charge in [-0.2, -0.15) is 0 Å². The third kappa shape index (κ3) is 7.33. The second kappa shape index (κ2) is 12.8. The molecule has 1 atom stereocenters. The number of carbonyl (C=O) groups is 2. The fourth-order valence-electron chi connectivity index (χ4n) is 3.39. The van der Waals surface area contributed by atoms with E-state index in [0.29, 0.717) is 11.5 Å². The standard InChI is InChI=1S/C29H28O6/c1-4-18-34-29(31)27(20-22-12-16-25(32-2)26(19-22)33-3)35-28(30)17-13-21-10-14-24(15-11-21)23-8-6-5-7-9-23/h4-17,19,27H,1,18,20H2,2-3H3/b17-13+. The van der Waals surface area contributed by atoms with Crippen LogP contribution in [0.15, 0.2) is 91.5 Å². The first kappa shape index (κ1) is 25.3. The highest BCUT2D eigenvalue weighted by Crippen LogP contribution is 2.28. The summed E-state index contributed by atoms with van der Waals surface area (Å²) >= 11 is 0. The molecule has 0 fully saturated rings. The van der Waals surface area contributed by atoms with Crippen LogP contribution >= 0.6 is 0 Å². The lowest BCUT2D eigenvalue weighted by atomic mass is 10.0. The zero-order valence-electron chi connectivity index (χ0n) is 19.8. The van der Waals surface area contributed by atoms with Crippen molar-refractivity contribution in [3.8, 4) is 22.6 Å². The molecule has 3 aromatic rings. The van der Waals surface area contributed by atoms with Crippen LogP contribution in [0.1, 0.15) is 11.1 Å². The minimum absolute atomic E-state index is 0.0163. The van der Waals surface area contributed by atoms with Crippen LogP contribution in [0, 0.1) is 0 Å². The van der Waals surface area contributed by atoms with E-state index in [0.717, 1.165) is 22.3 Å². The Hall–Kier alpha value is -4.32. The van der Waals surface area contributed by atoms with Crippen molar-refractivity contribution in [3.05, 3.63) is 103 Å². The molecule has 0 amide bonds. The summed E-state index contributed by atoms with van der Waals surface area (Å²) in [5.74, 6) is -0.250. The van der Waals surface area contributed by atoms with E-state index in [1.807, 2.05) is 54.6 Å². The lowest BCUT2D eigenvalue weighted by Crippen LogP contribution is -2.31. The van der Waals surface area contributed by atoms with Gasteiger partial charge in [0, 0.05) is 12.5 Å². The summed E-state index contributed by atoms with van der Waals surface area (Å²) in [6, 6.07) is 23.0. The third-order valence-electron chi connectivity index (χ3n) is 5.16. The molecular formula is C29H28O6. The van der Waals surface area contributed by atoms with Crippen LogP contribution in [0.3, 0.4) is 0 Å². The first-order valence-electron chi connectivity index (χ1n) is 11.1. The monoisotopic (exact) mass is 472 g/mol. The average molecular weight is 473 g/mol. The van der Waals surface area contributed by atoms with Crippen LogP contribution in [0.25, 0.3) is 17.2 Å². The number of ether oxygens (including phenoxy) is 4. The largest absolute Gasteiger partial charge is 0.493 e. The Bertz CT molecular complexity index is 1170. The molecule has 35 heavy (non-hydrogen) atoms. The van der Waals surface area contributed by atoms with E-state index in [1.165, 1.54) is 26.4 Å². The Morgan fingerprint density at radius 2 is 1.57 bits per heavy atom. The van der Waals surface area contributed by atoms with Crippen molar-refractivity contribution in [2.45, 2.75) is 12.5 Å². The van der Waals surface area contributed by atoms with Crippen LogP contribution in [0.2, 0.25) is 0 Å². The van der Waals surface area contributed by atoms with Gasteiger partial charge in [0.2, 0.25) is 6.10 Å². The van der Waals surface area contributed by atoms with E-state index in [4.69, 9.17) is 18.9 Å². The van der Waals surface area contributed by atoms with Crippen molar-refractivity contribution < 1.29 is 28.5 Å². The summed E-state index contributed by atoms with van der Waals surface area (Å²) in [6.07, 6.45) is 3.36. The Labute approximate surface area is 205 Å². The lowest BCUT2D eigenvalue weighted by molar-refractivity contribution is -0.164. The van der Waals surface area contributed by atoms with Gasteiger partial charge in [0.15, 0.2) is 11.5 Å². The molecule has 180 valence electrons. The summed E-state index contributed by atoms with van der Waals surface area (Å²) in [6.45, 7) is 3.56. The van der Waals surface area contributed by atoms with Gasteiger partial charge in [0.25, 0.3) is 0 Å². The van der Waals surface area contributed by atoms with E-state index < -0.39 is 18.0 Å². The number of rotatable bonds is 11. The summed E-state index contributed by atoms with van der Waals surface area (Å²) in [5, 5.41) is 0. The number of benzene rings is 3. The lowest BCUT2D eigenvalue weighted by Gasteiger charge is -2.17. The summed E-state index contributed by atoms with van der Waals surface area (Å²) < 4.78 is 21.1. The highest BCUT2D eigenvalue weighted by Gasteiger charge is 2.25. The zero-order valence-corrected chi connectivity index (χ0v) is 19.8. The molecule has 3 aromatic carbocycles. The van der Waals surface area contributed by atoms with Crippen LogP contribution in [-0.4, -0.2) is 38.9 Å². The van der Waals surface area contributed by atoms with Gasteiger partial charge in [-0.25, -0.2) is 9.59 Å². The molecular weight excluding hydrogens is 444 g/mol. The second-order valence-electron chi connectivity index (χ2n) is 7.56. The smallest absolute Gasteiger partial charge is 0.348 e. The van der Waals surface area contributed by atoms with Crippen molar-refractivity contribution in [3.63, 3.8) is 0 Å². The van der Waals surface area contributed by atoms with Crippen molar-refractivity contribution >= 4 is 18.0 Å². The molecule has 0 bridgehead atoms. The van der Waals surface area contributed by atoms with Gasteiger partial charge < -0.3 is 18.9 Å². The van der Waals surface area contributed by atoms with Crippen LogP contribution in [0.5, 0.6) is 11.5 Å². The molecule has 6 nitrogen and oxygen atoms in total. The molecule has 0 aliphatic carbocycles. The molecule has 0 aliphatic rings. The molecule has 3 rings (SSSR count). The Morgan fingerprint density at radius 1 is 0.886 bits per heavy atom. The maximum Gasteiger partial charge on any atom is 0.348 e. The van der Waals surface area contributed by atoms with E-state index in [1.54, 1.807) is 24.3 Å². The van der Waals surface area contributed by atoms with Gasteiger partial charge in [-0.05, 0) is 40.5 Å². The van der Waals surface area contributed by atoms with Gasteiger partial charge in [-0.15, -0.1) is 0 Å². The molecule has 0 radical (unpaired) electrons. The van der Waals surface area contributed by atoms with Crippen LogP contribution < -0.4 is 9.47 Å². The van der Waals surface area contributed by atoms with Gasteiger partial charge in [0.05, 0.1) is 14.2 Å². The normalized spacial score (nSPS) is 11.5. The number of carbonyl (C=O) groups excluding carboxylic acids is 2. The molecule has 0 saturated carbocycles. The highest BCUT2D eigenvalue weighted by atomic mass is 16.6. The maximum absolute atomic E-state index is 12.5. The van der Waals surface area contributed by atoms with E-state index in [2.05, 4.69) is 6.58 Å². The van der Waals surface area contributed by atoms with Gasteiger partial charge in [-0.1, -0.05) is 73.3 Å². The fraction of sp³-hybridized carbons (Fsp3) is 0.172. The molecule has 0 heterocycles. The first-order chi connectivity index (χ1) is 17.0. The fourth-order valence-corrected chi connectivity index (χ4v) is 3.39. The first-order valence-corrected chi connectivity index (χ1v) is 11.1. The molecule has 1 unspecified atom stereocenters. The molecule has 0 aliphatic heterocycles. The molecule has 0 aromatic heterocycles. The topological polar surface area (TPSA) is 71.1 Å². The predicted molar refractivity (Wildman–Crippen MR) is 135 cm³/mol. The second-order valence-corrected chi connectivity index (χ2v) is 7.56. The molecule has 0 N–H and O–H groups in total. The summed E-state index contributed by atoms with van der Waals surface area (Å²) in [5.41, 5.74) is 3.73. The van der Waals surface area contributed by atoms with Gasteiger partial charge in [-0.3, -0.25) is 0 Å². The zero-order chi connectivity index (χ0) is 25.0. The number of hydrogen-bond donors (Lipinski definition) is 0. The Morgan fingerprint density at radius 3 is 2.23 bits per heavy atom. The predicted octanol–water partition coefficient (Wildman–Crippen LogP) is 5.27. The van der Waals surface area contributed by atoms with E-state index in [-0.39, 0.29) is 13.0 Å². The van der Waals surface area contributed by atoms with Gasteiger partial charge >= 0.3 is 11.9 Å². The van der Waals surface area contributed by atoms with Crippen molar-refractivity contribution in [2.75, 3.05) is 20.8 Å². The van der Waals surface area contributed by atoms with Crippen molar-refractivity contribution in [1.82, 2.24) is 0 Å². The van der Waals surface area contributed by atoms with Crippen LogP contribution in [0.4, 0.5) is 0 Å². The number of esters is 2. The Kier molecular flexibility index (Phi) is 9.25. The average Bonchev–Trinajstić information content (AvgIpc) is 2.90. The summed E-state index contributed by atoms with van der Waals surface area (Å²) in [7, 11) is 3.06. The molecule has 0 saturated heterocycles. The quantitative estimate of drug-likeness (QED) is 0.215. The maximum atomic E-state index is 12.5. The molecule has 0 spiro atoms.